The first-order valence-corrected chi connectivity index (χ1v) is 8.68. The summed E-state index contributed by atoms with van der Waals surface area (Å²) in [4.78, 5) is 26.0. The van der Waals surface area contributed by atoms with Crippen LogP contribution in [0.5, 0.6) is 0 Å². The van der Waals surface area contributed by atoms with Gasteiger partial charge in [-0.15, -0.1) is 0 Å². The number of hydrogen-bond donors (Lipinski definition) is 1. The summed E-state index contributed by atoms with van der Waals surface area (Å²) in [5.41, 5.74) is -1.02. The van der Waals surface area contributed by atoms with Gasteiger partial charge in [0.05, 0.1) is 5.75 Å². The van der Waals surface area contributed by atoms with E-state index < -0.39 is 21.4 Å². The predicted octanol–water partition coefficient (Wildman–Crippen LogP) is 0.183. The average molecular weight is 304 g/mol. The van der Waals surface area contributed by atoms with E-state index in [1.807, 2.05) is 13.8 Å². The molecule has 0 saturated carbocycles. The normalized spacial score (nSPS) is 23.1. The second-order valence-electron chi connectivity index (χ2n) is 5.98. The molecule has 0 aromatic carbocycles. The number of hydrogen-bond acceptors (Lipinski definition) is 4. The fourth-order valence-corrected chi connectivity index (χ4v) is 2.91. The van der Waals surface area contributed by atoms with Crippen molar-refractivity contribution < 1.29 is 18.0 Å². The maximum Gasteiger partial charge on any atom is 0.246 e. The largest absolute Gasteiger partial charge is 0.342 e. The Hall–Kier alpha value is -1.11. The third-order valence-corrected chi connectivity index (χ3v) is 5.47. The van der Waals surface area contributed by atoms with E-state index in [0.717, 1.165) is 0 Å². The third kappa shape index (κ3) is 3.31. The summed E-state index contributed by atoms with van der Waals surface area (Å²) >= 11 is 0. The molecule has 0 bridgehead atoms. The van der Waals surface area contributed by atoms with Gasteiger partial charge in [-0.05, 0) is 19.8 Å². The molecule has 0 aromatic heterocycles. The Morgan fingerprint density at radius 3 is 2.30 bits per heavy atom. The minimum absolute atomic E-state index is 0.0344. The number of sulfone groups is 1. The lowest BCUT2D eigenvalue weighted by atomic mass is 9.91. The molecule has 1 aliphatic heterocycles. The Kier molecular flexibility index (Phi) is 4.84. The standard InChI is InChI=1S/C13H24N2O4S/c1-6-20(18,19)8-7-15-11(16)10(9(2)3)14-12(17)13(15,4)5/h9-10H,6-8H2,1-5H3,(H,14,17). The van der Waals surface area contributed by atoms with Crippen LogP contribution in [0.3, 0.4) is 0 Å². The molecule has 7 heteroatoms. The molecule has 1 aliphatic rings. The minimum Gasteiger partial charge on any atom is -0.342 e. The van der Waals surface area contributed by atoms with Gasteiger partial charge < -0.3 is 10.2 Å². The molecule has 1 heterocycles. The first kappa shape index (κ1) is 16.9. The highest BCUT2D eigenvalue weighted by atomic mass is 32.2. The van der Waals surface area contributed by atoms with Gasteiger partial charge in [0, 0.05) is 12.3 Å². The molecule has 1 rings (SSSR count). The van der Waals surface area contributed by atoms with E-state index in [1.165, 1.54) is 4.90 Å². The number of amides is 2. The quantitative estimate of drug-likeness (QED) is 0.785. The van der Waals surface area contributed by atoms with Crippen LogP contribution in [-0.2, 0) is 19.4 Å². The van der Waals surface area contributed by atoms with Gasteiger partial charge in [-0.25, -0.2) is 8.42 Å². The summed E-state index contributed by atoms with van der Waals surface area (Å²) in [6.45, 7) is 8.59. The van der Waals surface area contributed by atoms with Crippen molar-refractivity contribution in [2.24, 2.45) is 5.92 Å². The van der Waals surface area contributed by atoms with Crippen LogP contribution in [0.2, 0.25) is 0 Å². The molecule has 0 aromatic rings. The van der Waals surface area contributed by atoms with Crippen molar-refractivity contribution in [3.05, 3.63) is 0 Å². The molecule has 0 aliphatic carbocycles. The molecule has 1 N–H and O–H groups in total. The zero-order valence-electron chi connectivity index (χ0n) is 12.8. The fourth-order valence-electron chi connectivity index (χ4n) is 2.16. The molecular formula is C13H24N2O4S. The lowest BCUT2D eigenvalue weighted by Gasteiger charge is -2.45. The minimum atomic E-state index is -3.17. The molecule has 1 atom stereocenters. The van der Waals surface area contributed by atoms with Gasteiger partial charge in [0.2, 0.25) is 11.8 Å². The van der Waals surface area contributed by atoms with Gasteiger partial charge in [-0.2, -0.15) is 0 Å². The van der Waals surface area contributed by atoms with E-state index in [0.29, 0.717) is 0 Å². The zero-order chi connectivity index (χ0) is 15.7. The van der Waals surface area contributed by atoms with Gasteiger partial charge in [-0.1, -0.05) is 20.8 Å². The molecule has 1 unspecified atom stereocenters. The van der Waals surface area contributed by atoms with Crippen LogP contribution in [0, 0.1) is 5.92 Å². The molecule has 1 fully saturated rings. The highest BCUT2D eigenvalue weighted by Crippen LogP contribution is 2.23. The van der Waals surface area contributed by atoms with Crippen LogP contribution >= 0.6 is 0 Å². The van der Waals surface area contributed by atoms with E-state index in [1.54, 1.807) is 20.8 Å². The summed E-state index contributed by atoms with van der Waals surface area (Å²) in [7, 11) is -3.17. The number of rotatable bonds is 5. The Bertz CT molecular complexity index is 497. The van der Waals surface area contributed by atoms with Gasteiger partial charge >= 0.3 is 0 Å². The number of piperazine rings is 1. The summed E-state index contributed by atoms with van der Waals surface area (Å²) < 4.78 is 23.2. The van der Waals surface area contributed by atoms with Gasteiger partial charge in [0.1, 0.15) is 11.6 Å². The zero-order valence-corrected chi connectivity index (χ0v) is 13.6. The molecule has 0 radical (unpaired) electrons. The Morgan fingerprint density at radius 2 is 1.85 bits per heavy atom. The van der Waals surface area contributed by atoms with Crippen LogP contribution in [0.25, 0.3) is 0 Å². The highest BCUT2D eigenvalue weighted by Gasteiger charge is 2.47. The number of carbonyl (C=O) groups excluding carboxylic acids is 2. The van der Waals surface area contributed by atoms with Gasteiger partial charge in [0.25, 0.3) is 0 Å². The lowest BCUT2D eigenvalue weighted by molar-refractivity contribution is -0.156. The van der Waals surface area contributed by atoms with Crippen LogP contribution < -0.4 is 5.32 Å². The average Bonchev–Trinajstić information content (AvgIpc) is 2.33. The van der Waals surface area contributed by atoms with E-state index >= 15 is 0 Å². The van der Waals surface area contributed by atoms with Crippen molar-refractivity contribution in [2.45, 2.75) is 46.2 Å². The van der Waals surface area contributed by atoms with E-state index in [4.69, 9.17) is 0 Å². The van der Waals surface area contributed by atoms with Crippen molar-refractivity contribution in [1.29, 1.82) is 0 Å². The Labute approximate surface area is 120 Å². The maximum atomic E-state index is 12.4. The van der Waals surface area contributed by atoms with Crippen molar-refractivity contribution in [3.63, 3.8) is 0 Å². The summed E-state index contributed by atoms with van der Waals surface area (Å²) in [5, 5.41) is 2.72. The molecule has 1 saturated heterocycles. The topological polar surface area (TPSA) is 83.6 Å². The molecule has 6 nitrogen and oxygen atoms in total. The maximum absolute atomic E-state index is 12.4. The second-order valence-corrected chi connectivity index (χ2v) is 8.45. The second kappa shape index (κ2) is 5.71. The van der Waals surface area contributed by atoms with Gasteiger partial charge in [0.15, 0.2) is 9.84 Å². The van der Waals surface area contributed by atoms with E-state index in [-0.39, 0.29) is 35.8 Å². The molecule has 0 spiro atoms. The van der Waals surface area contributed by atoms with Crippen LogP contribution in [-0.4, -0.2) is 54.8 Å². The third-order valence-electron chi connectivity index (χ3n) is 3.78. The summed E-state index contributed by atoms with van der Waals surface area (Å²) in [6.07, 6.45) is 0. The van der Waals surface area contributed by atoms with Crippen molar-refractivity contribution in [1.82, 2.24) is 10.2 Å². The van der Waals surface area contributed by atoms with Crippen molar-refractivity contribution >= 4 is 21.7 Å². The Morgan fingerprint density at radius 1 is 1.30 bits per heavy atom. The monoisotopic (exact) mass is 304 g/mol. The number of carbonyl (C=O) groups is 2. The Balaban J connectivity index is 2.99. The molecule has 2 amide bonds. The van der Waals surface area contributed by atoms with Crippen LogP contribution in [0.1, 0.15) is 34.6 Å². The van der Waals surface area contributed by atoms with E-state index in [2.05, 4.69) is 5.32 Å². The first-order valence-electron chi connectivity index (χ1n) is 6.85. The van der Waals surface area contributed by atoms with Crippen LogP contribution in [0.15, 0.2) is 0 Å². The number of nitrogens with one attached hydrogen (secondary N) is 1. The molecule has 20 heavy (non-hydrogen) atoms. The highest BCUT2D eigenvalue weighted by molar-refractivity contribution is 7.91. The van der Waals surface area contributed by atoms with Crippen LogP contribution in [0.4, 0.5) is 0 Å². The first-order chi connectivity index (χ1) is 9.03. The predicted molar refractivity (Wildman–Crippen MR) is 76.9 cm³/mol. The summed E-state index contributed by atoms with van der Waals surface area (Å²) in [5.74, 6) is -0.570. The van der Waals surface area contributed by atoms with Crippen molar-refractivity contribution in [3.8, 4) is 0 Å². The SMILES string of the molecule is CCS(=O)(=O)CCN1C(=O)C(C(C)C)NC(=O)C1(C)C. The fraction of sp³-hybridized carbons (Fsp3) is 0.846. The molecular weight excluding hydrogens is 280 g/mol. The van der Waals surface area contributed by atoms with Gasteiger partial charge in [-0.3, -0.25) is 9.59 Å². The van der Waals surface area contributed by atoms with Crippen molar-refractivity contribution in [2.75, 3.05) is 18.1 Å². The molecule has 116 valence electrons. The smallest absolute Gasteiger partial charge is 0.246 e. The summed E-state index contributed by atoms with van der Waals surface area (Å²) in [6, 6.07) is -0.583. The number of nitrogens with zero attached hydrogens (tertiary/aromatic N) is 1. The van der Waals surface area contributed by atoms with E-state index in [9.17, 15) is 18.0 Å². The lowest BCUT2D eigenvalue weighted by Crippen LogP contribution is -2.69.